The molecule has 0 aliphatic rings. The van der Waals surface area contributed by atoms with E-state index in [4.69, 9.17) is 11.2 Å². The zero-order valence-electron chi connectivity index (χ0n) is 8.39. The lowest BCUT2D eigenvalue weighted by Gasteiger charge is -1.99. The molecule has 46 valence electrons. The highest BCUT2D eigenvalue weighted by Gasteiger charge is 2.04. The second-order valence-electron chi connectivity index (χ2n) is 1.17. The summed E-state index contributed by atoms with van der Waals surface area (Å²) in [6.45, 7) is 0.142. The summed E-state index contributed by atoms with van der Waals surface area (Å²) in [6.07, 6.45) is -0.913. The first kappa shape index (κ1) is 2.64. The van der Waals surface area contributed by atoms with Crippen LogP contribution in [0.3, 0.4) is 0 Å². The fourth-order valence-corrected chi connectivity index (χ4v) is 0.127. The Balaban J connectivity index is 4.32. The SMILES string of the molecule is [2H]C([2H])=C([2H])OC(=O)[C@]([2H])(C)N. The van der Waals surface area contributed by atoms with Crippen LogP contribution in [0.4, 0.5) is 0 Å². The molecule has 0 aromatic carbocycles. The Hall–Kier alpha value is -0.830. The Morgan fingerprint density at radius 3 is 3.50 bits per heavy atom. The third kappa shape index (κ3) is 2.36. The summed E-state index contributed by atoms with van der Waals surface area (Å²) in [5, 5.41) is 0. The molecular formula is C5H9NO2. The van der Waals surface area contributed by atoms with Gasteiger partial charge in [0.05, 0.1) is 10.4 Å². The van der Waals surface area contributed by atoms with E-state index >= 15 is 0 Å². The summed E-state index contributed by atoms with van der Waals surface area (Å²) in [6, 6.07) is -1.96. The second-order valence-corrected chi connectivity index (χ2v) is 1.17. The van der Waals surface area contributed by atoms with Crippen molar-refractivity contribution in [2.75, 3.05) is 0 Å². The monoisotopic (exact) mass is 119 g/mol. The zero-order valence-corrected chi connectivity index (χ0v) is 4.39. The first-order chi connectivity index (χ1) is 5.25. The molecule has 0 bridgehead atoms. The lowest BCUT2D eigenvalue weighted by atomic mass is 10.4. The lowest BCUT2D eigenvalue weighted by molar-refractivity contribution is -0.139. The van der Waals surface area contributed by atoms with Gasteiger partial charge < -0.3 is 10.5 Å². The van der Waals surface area contributed by atoms with Crippen LogP contribution >= 0.6 is 0 Å². The summed E-state index contributed by atoms with van der Waals surface area (Å²) >= 11 is 0. The predicted molar refractivity (Wildman–Crippen MR) is 29.9 cm³/mol. The summed E-state index contributed by atoms with van der Waals surface area (Å²) in [5.41, 5.74) is 4.99. The van der Waals surface area contributed by atoms with Gasteiger partial charge in [0.2, 0.25) is 0 Å². The molecule has 0 saturated carbocycles. The number of carbonyl (C=O) groups excluding carboxylic acids is 1. The minimum Gasteiger partial charge on any atom is -0.434 e. The molecule has 0 spiro atoms. The van der Waals surface area contributed by atoms with Crippen LogP contribution in [-0.4, -0.2) is 12.0 Å². The Kier molecular flexibility index (Phi) is 1.06. The van der Waals surface area contributed by atoms with Gasteiger partial charge in [0.15, 0.2) is 0 Å². The van der Waals surface area contributed by atoms with E-state index < -0.39 is 24.8 Å². The predicted octanol–water partition coefficient (Wildman–Crippen LogP) is 0.0203. The van der Waals surface area contributed by atoms with Crippen molar-refractivity contribution in [2.45, 2.75) is 12.9 Å². The first-order valence-corrected chi connectivity index (χ1v) is 1.90. The van der Waals surface area contributed by atoms with Gasteiger partial charge in [-0.1, -0.05) is 6.53 Å². The van der Waals surface area contributed by atoms with E-state index in [0.29, 0.717) is 0 Å². The Labute approximate surface area is 53.7 Å². The van der Waals surface area contributed by atoms with Crippen LogP contribution in [0.25, 0.3) is 0 Å². The highest BCUT2D eigenvalue weighted by molar-refractivity contribution is 5.75. The van der Waals surface area contributed by atoms with Crippen LogP contribution in [0, 0.1) is 0 Å². The van der Waals surface area contributed by atoms with E-state index in [1.54, 1.807) is 0 Å². The third-order valence-corrected chi connectivity index (χ3v) is 0.466. The summed E-state index contributed by atoms with van der Waals surface area (Å²) < 4.78 is 30.9. The van der Waals surface area contributed by atoms with E-state index in [0.717, 1.165) is 6.92 Å². The molecule has 0 radical (unpaired) electrons. The number of ether oxygens (including phenoxy) is 1. The van der Waals surface area contributed by atoms with Crippen molar-refractivity contribution in [1.82, 2.24) is 0 Å². The van der Waals surface area contributed by atoms with Crippen molar-refractivity contribution >= 4 is 5.97 Å². The van der Waals surface area contributed by atoms with Gasteiger partial charge >= 0.3 is 5.97 Å². The maximum Gasteiger partial charge on any atom is 0.327 e. The molecule has 8 heavy (non-hydrogen) atoms. The largest absolute Gasteiger partial charge is 0.434 e. The molecule has 3 nitrogen and oxygen atoms in total. The standard InChI is InChI=1S/C5H9NO2/c1-3-8-5(7)4(2)6/h3-4H,1,6H2,2H3/t4-/m0/s1/i1D2,3D,4D. The quantitative estimate of drug-likeness (QED) is 0.412. The van der Waals surface area contributed by atoms with Crippen LogP contribution in [0.15, 0.2) is 12.8 Å². The zero-order chi connectivity index (χ0) is 9.94. The van der Waals surface area contributed by atoms with E-state index in [2.05, 4.69) is 4.74 Å². The van der Waals surface area contributed by atoms with Gasteiger partial charge in [0.25, 0.3) is 0 Å². The van der Waals surface area contributed by atoms with Gasteiger partial charge in [-0.3, -0.25) is 0 Å². The van der Waals surface area contributed by atoms with Crippen LogP contribution in [0.2, 0.25) is 0 Å². The molecule has 0 amide bonds. The molecular weight excluding hydrogens is 106 g/mol. The Bertz CT molecular complexity index is 216. The average Bonchev–Trinajstić information content (AvgIpc) is 1.85. The molecule has 1 atom stereocenters. The van der Waals surface area contributed by atoms with Crippen molar-refractivity contribution in [3.63, 3.8) is 0 Å². The normalized spacial score (nSPS) is 22.8. The van der Waals surface area contributed by atoms with E-state index in [1.807, 2.05) is 0 Å². The molecule has 0 unspecified atom stereocenters. The third-order valence-electron chi connectivity index (χ3n) is 0.466. The molecule has 3 heteroatoms. The van der Waals surface area contributed by atoms with Gasteiger partial charge in [-0.05, 0) is 6.92 Å². The molecule has 0 aromatic rings. The smallest absolute Gasteiger partial charge is 0.327 e. The average molecular weight is 119 g/mol. The topological polar surface area (TPSA) is 52.3 Å². The molecule has 0 aliphatic carbocycles. The highest BCUT2D eigenvalue weighted by Crippen LogP contribution is 1.81. The number of rotatable bonds is 2. The molecule has 0 heterocycles. The fraction of sp³-hybridized carbons (Fsp3) is 0.400. The molecule has 0 aliphatic heterocycles. The fourth-order valence-electron chi connectivity index (χ4n) is 0.127. The molecule has 0 rings (SSSR count). The summed E-state index contributed by atoms with van der Waals surface area (Å²) in [5.74, 6) is -1.16. The maximum atomic E-state index is 10.7. The van der Waals surface area contributed by atoms with E-state index in [1.165, 1.54) is 0 Å². The number of nitrogens with two attached hydrogens (primary N) is 1. The summed E-state index contributed by atoms with van der Waals surface area (Å²) in [4.78, 5) is 10.7. The van der Waals surface area contributed by atoms with Crippen molar-refractivity contribution in [3.05, 3.63) is 12.8 Å². The van der Waals surface area contributed by atoms with Gasteiger partial charge in [-0.2, -0.15) is 0 Å². The van der Waals surface area contributed by atoms with Gasteiger partial charge in [-0.25, -0.2) is 4.79 Å². The first-order valence-electron chi connectivity index (χ1n) is 3.90. The maximum absolute atomic E-state index is 10.7. The van der Waals surface area contributed by atoms with Crippen molar-refractivity contribution in [3.8, 4) is 0 Å². The van der Waals surface area contributed by atoms with Crippen molar-refractivity contribution < 1.29 is 15.0 Å². The lowest BCUT2D eigenvalue weighted by Crippen LogP contribution is -2.27. The molecule has 0 aromatic heterocycles. The Morgan fingerprint density at radius 2 is 3.12 bits per heavy atom. The van der Waals surface area contributed by atoms with E-state index in [-0.39, 0.29) is 0 Å². The van der Waals surface area contributed by atoms with Crippen LogP contribution < -0.4 is 5.73 Å². The molecule has 0 saturated heterocycles. The number of esters is 1. The van der Waals surface area contributed by atoms with Gasteiger partial charge in [0, 0.05) is 0 Å². The van der Waals surface area contributed by atoms with Gasteiger partial charge in [-0.15, -0.1) is 0 Å². The minimum atomic E-state index is -1.96. The highest BCUT2D eigenvalue weighted by atomic mass is 16.5. The molecule has 0 fully saturated rings. The van der Waals surface area contributed by atoms with Gasteiger partial charge in [0.1, 0.15) is 7.39 Å². The van der Waals surface area contributed by atoms with Crippen LogP contribution in [-0.2, 0) is 9.53 Å². The van der Waals surface area contributed by atoms with Crippen LogP contribution in [0.5, 0.6) is 0 Å². The second kappa shape index (κ2) is 3.21. The number of hydrogen-bond donors (Lipinski definition) is 1. The number of carbonyl (C=O) groups is 1. The van der Waals surface area contributed by atoms with Crippen molar-refractivity contribution in [2.24, 2.45) is 5.73 Å². The van der Waals surface area contributed by atoms with E-state index in [9.17, 15) is 4.79 Å². The minimum absolute atomic E-state index is 0.913. The van der Waals surface area contributed by atoms with Crippen molar-refractivity contribution in [1.29, 1.82) is 0 Å². The molecule has 2 N–H and O–H groups in total. The summed E-state index contributed by atoms with van der Waals surface area (Å²) in [7, 11) is 0. The number of hydrogen-bond acceptors (Lipinski definition) is 3. The Morgan fingerprint density at radius 1 is 2.50 bits per heavy atom. The van der Waals surface area contributed by atoms with Crippen LogP contribution in [0.1, 0.15) is 12.4 Å².